The van der Waals surface area contributed by atoms with Crippen LogP contribution in [0.3, 0.4) is 0 Å². The lowest BCUT2D eigenvalue weighted by Crippen LogP contribution is -2.24. The molecule has 0 saturated carbocycles. The minimum absolute atomic E-state index is 0.230. The third-order valence-corrected chi connectivity index (χ3v) is 4.65. The van der Waals surface area contributed by atoms with Crippen molar-refractivity contribution in [2.24, 2.45) is 0 Å². The molecule has 0 unspecified atom stereocenters. The van der Waals surface area contributed by atoms with Gasteiger partial charge in [-0.1, -0.05) is 11.8 Å². The van der Waals surface area contributed by atoms with Crippen LogP contribution in [0.4, 0.5) is 5.69 Å². The number of nitrogens with zero attached hydrogens (tertiary/aromatic N) is 2. The van der Waals surface area contributed by atoms with Gasteiger partial charge in [-0.25, -0.2) is 0 Å². The average Bonchev–Trinajstić information content (AvgIpc) is 2.72. The summed E-state index contributed by atoms with van der Waals surface area (Å²) in [6.45, 7) is 0. The molecule has 1 aliphatic rings. The number of imide groups is 1. The molecule has 1 heterocycles. The Morgan fingerprint density at radius 2 is 1.45 bits per heavy atom. The van der Waals surface area contributed by atoms with Gasteiger partial charge >= 0.3 is 0 Å². The van der Waals surface area contributed by atoms with Crippen molar-refractivity contribution in [3.8, 4) is 0 Å². The molecule has 0 atom stereocenters. The monoisotopic (exact) mass is 312 g/mol. The van der Waals surface area contributed by atoms with Gasteiger partial charge < -0.3 is 4.90 Å². The molecule has 0 spiro atoms. The summed E-state index contributed by atoms with van der Waals surface area (Å²) in [6, 6.07) is 13.6. The number of benzene rings is 2. The van der Waals surface area contributed by atoms with E-state index >= 15 is 0 Å². The number of hydrogen-bond acceptors (Lipinski definition) is 4. The van der Waals surface area contributed by atoms with E-state index in [2.05, 4.69) is 12.1 Å². The fraction of sp³-hybridized carbons (Fsp3) is 0.176. The van der Waals surface area contributed by atoms with E-state index in [0.29, 0.717) is 11.1 Å². The summed E-state index contributed by atoms with van der Waals surface area (Å²) in [6.07, 6.45) is 0. The van der Waals surface area contributed by atoms with Gasteiger partial charge in [0.1, 0.15) is 0 Å². The Bertz CT molecular complexity index is 754. The molecule has 0 aromatic heterocycles. The highest BCUT2D eigenvalue weighted by atomic mass is 32.2. The van der Waals surface area contributed by atoms with Crippen LogP contribution in [0.25, 0.3) is 0 Å². The van der Waals surface area contributed by atoms with Crippen molar-refractivity contribution in [2.45, 2.75) is 9.79 Å². The zero-order valence-electron chi connectivity index (χ0n) is 12.7. The topological polar surface area (TPSA) is 40.6 Å². The van der Waals surface area contributed by atoms with Gasteiger partial charge in [0.15, 0.2) is 0 Å². The SMILES string of the molecule is CN1C(=O)c2ccc(Sc3ccc(N(C)C)cc3)cc2C1=O. The Hall–Kier alpha value is -2.27. The second-order valence-corrected chi connectivity index (χ2v) is 6.51. The second kappa shape index (κ2) is 5.50. The predicted molar refractivity (Wildman–Crippen MR) is 87.8 cm³/mol. The standard InChI is InChI=1S/C17H16N2O2S/c1-18(2)11-4-6-12(7-5-11)22-13-8-9-14-15(10-13)17(21)19(3)16(14)20/h4-10H,1-3H3. The molecular weight excluding hydrogens is 296 g/mol. The molecule has 22 heavy (non-hydrogen) atoms. The Morgan fingerprint density at radius 3 is 2.09 bits per heavy atom. The lowest BCUT2D eigenvalue weighted by atomic mass is 10.1. The van der Waals surface area contributed by atoms with Crippen LogP contribution in [-0.2, 0) is 0 Å². The predicted octanol–water partition coefficient (Wildman–Crippen LogP) is 3.13. The fourth-order valence-electron chi connectivity index (χ4n) is 2.35. The summed E-state index contributed by atoms with van der Waals surface area (Å²) >= 11 is 1.58. The Labute approximate surface area is 133 Å². The molecule has 4 nitrogen and oxygen atoms in total. The first-order chi connectivity index (χ1) is 10.5. The first-order valence-corrected chi connectivity index (χ1v) is 7.70. The minimum Gasteiger partial charge on any atom is -0.378 e. The highest BCUT2D eigenvalue weighted by molar-refractivity contribution is 7.99. The summed E-state index contributed by atoms with van der Waals surface area (Å²) in [5.74, 6) is -0.461. The van der Waals surface area contributed by atoms with Crippen LogP contribution in [0.5, 0.6) is 0 Å². The summed E-state index contributed by atoms with van der Waals surface area (Å²) in [5.41, 5.74) is 2.11. The van der Waals surface area contributed by atoms with Gasteiger partial charge in [0.05, 0.1) is 11.1 Å². The minimum atomic E-state index is -0.231. The summed E-state index contributed by atoms with van der Waals surface area (Å²) in [5, 5.41) is 0. The molecule has 1 aliphatic heterocycles. The normalized spacial score (nSPS) is 13.5. The number of amides is 2. The summed E-state index contributed by atoms with van der Waals surface area (Å²) < 4.78 is 0. The molecule has 2 aromatic carbocycles. The second-order valence-electron chi connectivity index (χ2n) is 5.37. The first kappa shape index (κ1) is 14.7. The van der Waals surface area contributed by atoms with E-state index in [1.165, 1.54) is 7.05 Å². The molecule has 0 bridgehead atoms. The van der Waals surface area contributed by atoms with Crippen LogP contribution in [0.1, 0.15) is 20.7 Å². The summed E-state index contributed by atoms with van der Waals surface area (Å²) in [4.78, 5) is 29.1. The van der Waals surface area contributed by atoms with Crippen molar-refractivity contribution in [3.63, 3.8) is 0 Å². The highest BCUT2D eigenvalue weighted by Gasteiger charge is 2.32. The average molecular weight is 312 g/mol. The zero-order valence-corrected chi connectivity index (χ0v) is 13.5. The molecular formula is C17H16N2O2S. The van der Waals surface area contributed by atoms with Crippen molar-refractivity contribution in [1.82, 2.24) is 4.90 Å². The van der Waals surface area contributed by atoms with E-state index in [4.69, 9.17) is 0 Å². The Kier molecular flexibility index (Phi) is 3.66. The number of hydrogen-bond donors (Lipinski definition) is 0. The molecule has 0 N–H and O–H groups in total. The fourth-order valence-corrected chi connectivity index (χ4v) is 3.21. The van der Waals surface area contributed by atoms with Crippen LogP contribution in [0, 0.1) is 0 Å². The molecule has 2 aromatic rings. The van der Waals surface area contributed by atoms with Gasteiger partial charge in [-0.15, -0.1) is 0 Å². The zero-order chi connectivity index (χ0) is 15.9. The van der Waals surface area contributed by atoms with E-state index < -0.39 is 0 Å². The number of fused-ring (bicyclic) bond motifs is 1. The van der Waals surface area contributed by atoms with E-state index in [1.54, 1.807) is 23.9 Å². The maximum atomic E-state index is 12.0. The lowest BCUT2D eigenvalue weighted by molar-refractivity contribution is 0.0693. The third kappa shape index (κ3) is 2.48. The largest absolute Gasteiger partial charge is 0.378 e. The summed E-state index contributed by atoms with van der Waals surface area (Å²) in [7, 11) is 5.51. The van der Waals surface area contributed by atoms with E-state index in [-0.39, 0.29) is 11.8 Å². The van der Waals surface area contributed by atoms with Gasteiger partial charge in [-0.3, -0.25) is 14.5 Å². The highest BCUT2D eigenvalue weighted by Crippen LogP contribution is 2.32. The molecule has 0 fully saturated rings. The molecule has 5 heteroatoms. The van der Waals surface area contributed by atoms with Crippen LogP contribution in [0.15, 0.2) is 52.3 Å². The first-order valence-electron chi connectivity index (χ1n) is 6.89. The van der Waals surface area contributed by atoms with Crippen molar-refractivity contribution in [3.05, 3.63) is 53.6 Å². The van der Waals surface area contributed by atoms with E-state index in [0.717, 1.165) is 20.4 Å². The lowest BCUT2D eigenvalue weighted by Gasteiger charge is -2.12. The van der Waals surface area contributed by atoms with E-state index in [9.17, 15) is 9.59 Å². The molecule has 2 amide bonds. The number of anilines is 1. The molecule has 0 radical (unpaired) electrons. The van der Waals surface area contributed by atoms with Gasteiger partial charge in [-0.05, 0) is 42.5 Å². The maximum absolute atomic E-state index is 12.0. The molecule has 0 aliphatic carbocycles. The molecule has 112 valence electrons. The number of carbonyl (C=O) groups excluding carboxylic acids is 2. The van der Waals surface area contributed by atoms with Crippen LogP contribution in [0.2, 0.25) is 0 Å². The quantitative estimate of drug-likeness (QED) is 0.817. The van der Waals surface area contributed by atoms with Gasteiger partial charge in [0.2, 0.25) is 0 Å². The molecule has 3 rings (SSSR count). The Balaban J connectivity index is 1.86. The van der Waals surface area contributed by atoms with Crippen molar-refractivity contribution in [1.29, 1.82) is 0 Å². The van der Waals surface area contributed by atoms with Crippen molar-refractivity contribution < 1.29 is 9.59 Å². The van der Waals surface area contributed by atoms with Crippen molar-refractivity contribution >= 4 is 29.3 Å². The van der Waals surface area contributed by atoms with E-state index in [1.807, 2.05) is 37.2 Å². The molecule has 0 saturated heterocycles. The van der Waals surface area contributed by atoms with Gasteiger partial charge in [-0.2, -0.15) is 0 Å². The van der Waals surface area contributed by atoms with Crippen LogP contribution in [-0.4, -0.2) is 37.9 Å². The van der Waals surface area contributed by atoms with Crippen LogP contribution < -0.4 is 4.90 Å². The van der Waals surface area contributed by atoms with Gasteiger partial charge in [0.25, 0.3) is 11.8 Å². The van der Waals surface area contributed by atoms with Crippen LogP contribution >= 0.6 is 11.8 Å². The maximum Gasteiger partial charge on any atom is 0.261 e. The van der Waals surface area contributed by atoms with Crippen molar-refractivity contribution in [2.75, 3.05) is 26.0 Å². The third-order valence-electron chi connectivity index (χ3n) is 3.65. The number of rotatable bonds is 3. The smallest absolute Gasteiger partial charge is 0.261 e. The van der Waals surface area contributed by atoms with Gasteiger partial charge in [0, 0.05) is 36.6 Å². The number of carbonyl (C=O) groups is 2. The Morgan fingerprint density at radius 1 is 0.864 bits per heavy atom.